The van der Waals surface area contributed by atoms with Gasteiger partial charge in [-0.05, 0) is 13.8 Å². The number of hydrogen-bond donors (Lipinski definition) is 1. The van der Waals surface area contributed by atoms with Crippen LogP contribution < -0.4 is 5.73 Å². The molecule has 2 N–H and O–H groups in total. The van der Waals surface area contributed by atoms with Crippen molar-refractivity contribution < 1.29 is 13.9 Å². The van der Waals surface area contributed by atoms with Crippen LogP contribution in [0.3, 0.4) is 0 Å². The first-order chi connectivity index (χ1) is 4.89. The fourth-order valence-electron chi connectivity index (χ4n) is 0.420. The number of carbonyl (C=O) groups is 1. The zero-order chi connectivity index (χ0) is 9.07. The van der Waals surface area contributed by atoms with Gasteiger partial charge < -0.3 is 10.3 Å². The van der Waals surface area contributed by atoms with E-state index in [1.54, 1.807) is 20.8 Å². The van der Waals surface area contributed by atoms with Gasteiger partial charge in [-0.25, -0.2) is 4.57 Å². The number of carbonyl (C=O) groups excluding carboxylic acids is 1. The van der Waals surface area contributed by atoms with Gasteiger partial charge in [-0.3, -0.25) is 4.79 Å². The molecule has 0 saturated heterocycles. The Kier molecular flexibility index (Phi) is 3.63. The molecule has 0 aliphatic rings. The molecule has 0 bridgehead atoms. The van der Waals surface area contributed by atoms with E-state index < -0.39 is 26.1 Å². The van der Waals surface area contributed by atoms with Crippen LogP contribution in [0.5, 0.6) is 0 Å². The maximum atomic E-state index is 10.9. The van der Waals surface area contributed by atoms with Gasteiger partial charge >= 0.3 is 14.7 Å². The van der Waals surface area contributed by atoms with Crippen LogP contribution in [0.2, 0.25) is 0 Å². The second kappa shape index (κ2) is 3.79. The van der Waals surface area contributed by atoms with Crippen molar-refractivity contribution in [2.75, 3.05) is 0 Å². The molecule has 0 aromatic carbocycles. The average Bonchev–Trinajstić information content (AvgIpc) is 1.85. The summed E-state index contributed by atoms with van der Waals surface area (Å²) in [6.45, 7) is 5.05. The molecule has 5 heteroatoms. The van der Waals surface area contributed by atoms with Gasteiger partial charge in [-0.2, -0.15) is 0 Å². The van der Waals surface area contributed by atoms with Crippen molar-refractivity contribution in [1.82, 2.24) is 0 Å². The van der Waals surface area contributed by atoms with E-state index in [0.29, 0.717) is 0 Å². The van der Waals surface area contributed by atoms with Crippen molar-refractivity contribution in [2.45, 2.75) is 26.3 Å². The first-order valence-corrected chi connectivity index (χ1v) is 3.95. The maximum Gasteiger partial charge on any atom is 0.398 e. The highest BCUT2D eigenvalue weighted by molar-refractivity contribution is 7.18. The van der Waals surface area contributed by atoms with Gasteiger partial charge in [0.25, 0.3) is 0 Å². The van der Waals surface area contributed by atoms with Gasteiger partial charge in [0.2, 0.25) is 0 Å². The summed E-state index contributed by atoms with van der Waals surface area (Å²) < 4.78 is 14.1. The van der Waals surface area contributed by atoms with Gasteiger partial charge in [0.1, 0.15) is 0 Å². The normalized spacial score (nSPS) is 14.5. The van der Waals surface area contributed by atoms with E-state index >= 15 is 0 Å². The quantitative estimate of drug-likeness (QED) is 0.655. The molecule has 0 saturated carbocycles. The van der Waals surface area contributed by atoms with E-state index in [9.17, 15) is 9.36 Å². The van der Waals surface area contributed by atoms with Gasteiger partial charge in [-0.1, -0.05) is 6.92 Å². The molecule has 11 heavy (non-hydrogen) atoms. The third kappa shape index (κ3) is 3.44. The highest BCUT2D eigenvalue weighted by atomic mass is 31.1. The lowest BCUT2D eigenvalue weighted by molar-refractivity contribution is -0.139. The lowest BCUT2D eigenvalue weighted by atomic mass is 9.91. The Hall–Kier alpha value is -0.470. The van der Waals surface area contributed by atoms with Crippen LogP contribution in [-0.2, 0) is 13.9 Å². The van der Waals surface area contributed by atoms with E-state index in [1.165, 1.54) is 0 Å². The van der Waals surface area contributed by atoms with E-state index in [0.717, 1.165) is 0 Å². The lowest BCUT2D eigenvalue weighted by Crippen LogP contribution is -2.43. The van der Waals surface area contributed by atoms with Gasteiger partial charge in [-0.15, -0.1) is 0 Å². The van der Waals surface area contributed by atoms with Crippen molar-refractivity contribution in [3.05, 3.63) is 0 Å². The Morgan fingerprint density at radius 1 is 1.64 bits per heavy atom. The first kappa shape index (κ1) is 10.5. The van der Waals surface area contributed by atoms with Crippen molar-refractivity contribution in [3.63, 3.8) is 0 Å². The molecule has 0 aromatic rings. The molecule has 4 nitrogen and oxygen atoms in total. The Balaban J connectivity index is 4.13. The molecule has 0 radical (unpaired) electrons. The third-order valence-corrected chi connectivity index (χ3v) is 1.85. The van der Waals surface area contributed by atoms with Crippen LogP contribution in [0, 0.1) is 5.92 Å². The summed E-state index contributed by atoms with van der Waals surface area (Å²) in [5.74, 6) is -1.00. The fraction of sp³-hybridized carbons (Fsp3) is 0.833. The van der Waals surface area contributed by atoms with Gasteiger partial charge in [0.15, 0.2) is 0 Å². The first-order valence-electron chi connectivity index (χ1n) is 3.22. The molecule has 0 aliphatic carbocycles. The summed E-state index contributed by atoms with van der Waals surface area (Å²) in [4.78, 5) is 10.9. The summed E-state index contributed by atoms with van der Waals surface area (Å²) >= 11 is 0. The van der Waals surface area contributed by atoms with Crippen molar-refractivity contribution in [3.8, 4) is 0 Å². The fourth-order valence-corrected chi connectivity index (χ4v) is 0.651. The second-order valence-electron chi connectivity index (χ2n) is 3.03. The molecule has 0 heterocycles. The van der Waals surface area contributed by atoms with Crippen LogP contribution >= 0.6 is 8.69 Å². The Morgan fingerprint density at radius 3 is 2.36 bits per heavy atom. The van der Waals surface area contributed by atoms with Crippen LogP contribution in [0.4, 0.5) is 0 Å². The lowest BCUT2D eigenvalue weighted by Gasteiger charge is -2.23. The monoisotopic (exact) mass is 177 g/mol. The largest absolute Gasteiger partial charge is 0.398 e. The Morgan fingerprint density at radius 2 is 2.09 bits per heavy atom. The molecule has 0 rings (SSSR count). The van der Waals surface area contributed by atoms with E-state index in [1.807, 2.05) is 0 Å². The van der Waals surface area contributed by atoms with E-state index in [4.69, 9.17) is 5.73 Å². The van der Waals surface area contributed by atoms with E-state index in [-0.39, 0.29) is 0 Å². The predicted molar refractivity (Wildman–Crippen MR) is 41.1 cm³/mol. The van der Waals surface area contributed by atoms with Gasteiger partial charge in [0, 0.05) is 5.54 Å². The van der Waals surface area contributed by atoms with Crippen molar-refractivity contribution >= 4 is 14.7 Å². The molecule has 0 fully saturated rings. The zero-order valence-corrected chi connectivity index (χ0v) is 7.72. The topological polar surface area (TPSA) is 69.4 Å². The molecule has 1 atom stereocenters. The molecular formula is C6H12NO3P. The minimum absolute atomic E-state index is 0.455. The summed E-state index contributed by atoms with van der Waals surface area (Å²) in [7, 11) is -0.623. The summed E-state index contributed by atoms with van der Waals surface area (Å²) in [5.41, 5.74) is 4.97. The third-order valence-electron chi connectivity index (χ3n) is 1.60. The molecule has 0 aromatic heterocycles. The Labute approximate surface area is 67.4 Å². The van der Waals surface area contributed by atoms with Crippen LogP contribution in [0.25, 0.3) is 0 Å². The zero-order valence-electron chi connectivity index (χ0n) is 6.83. The smallest absolute Gasteiger partial charge is 0.373 e. The summed E-state index contributed by atoms with van der Waals surface area (Å²) in [6, 6.07) is 0. The predicted octanol–water partition coefficient (Wildman–Crippen LogP) is 1.11. The SMILES string of the molecule is CC(C(=O)OP=O)C(C)(C)N. The highest BCUT2D eigenvalue weighted by Gasteiger charge is 2.28. The number of nitrogens with two attached hydrogens (primary N) is 1. The molecule has 0 aliphatic heterocycles. The average molecular weight is 177 g/mol. The van der Waals surface area contributed by atoms with Crippen molar-refractivity contribution in [2.24, 2.45) is 11.7 Å². The standard InChI is InChI=1S/C6H12NO3P/c1-4(6(2,3)7)5(8)10-11-9/h4H,7H2,1-3H3. The molecular weight excluding hydrogens is 165 g/mol. The Bertz CT molecular complexity index is 164. The van der Waals surface area contributed by atoms with Crippen LogP contribution in [-0.4, -0.2) is 11.5 Å². The molecule has 1 unspecified atom stereocenters. The summed E-state index contributed by atoms with van der Waals surface area (Å²) in [6.07, 6.45) is 0. The maximum absolute atomic E-state index is 10.9. The molecule has 64 valence electrons. The summed E-state index contributed by atoms with van der Waals surface area (Å²) in [5, 5.41) is 0. The minimum atomic E-state index is -0.637. The van der Waals surface area contributed by atoms with Crippen molar-refractivity contribution in [1.29, 1.82) is 0 Å². The van der Waals surface area contributed by atoms with Crippen LogP contribution in [0.15, 0.2) is 0 Å². The van der Waals surface area contributed by atoms with Crippen LogP contribution in [0.1, 0.15) is 20.8 Å². The van der Waals surface area contributed by atoms with E-state index in [2.05, 4.69) is 4.52 Å². The minimum Gasteiger partial charge on any atom is -0.373 e. The molecule has 0 spiro atoms. The molecule has 0 amide bonds. The number of hydrogen-bond acceptors (Lipinski definition) is 4. The number of rotatable bonds is 3. The van der Waals surface area contributed by atoms with Gasteiger partial charge in [0.05, 0.1) is 5.92 Å². The second-order valence-corrected chi connectivity index (χ2v) is 3.36. The highest BCUT2D eigenvalue weighted by Crippen LogP contribution is 2.16.